The third kappa shape index (κ3) is 4.57. The molecule has 0 radical (unpaired) electrons. The van der Waals surface area contributed by atoms with Crippen LogP contribution in [0.4, 0.5) is 0 Å². The van der Waals surface area contributed by atoms with E-state index in [2.05, 4.69) is 10.1 Å². The molecule has 0 saturated heterocycles. The van der Waals surface area contributed by atoms with Crippen LogP contribution in [-0.2, 0) is 16.6 Å². The summed E-state index contributed by atoms with van der Waals surface area (Å²) in [7, 11) is -3.69. The monoisotopic (exact) mass is 433 g/mol. The lowest BCUT2D eigenvalue weighted by Gasteiger charge is -2.20. The molecule has 1 heterocycles. The predicted octanol–water partition coefficient (Wildman–Crippen LogP) is 4.92. The molecule has 4 rings (SSSR count). The van der Waals surface area contributed by atoms with E-state index in [0.29, 0.717) is 24.5 Å². The van der Waals surface area contributed by atoms with Gasteiger partial charge in [0.15, 0.2) is 0 Å². The quantitative estimate of drug-likeness (QED) is 0.413. The first-order chi connectivity index (χ1) is 15.0. The van der Waals surface area contributed by atoms with E-state index in [1.165, 1.54) is 4.31 Å². The number of nitrogens with zero attached hydrogens (tertiary/aromatic N) is 3. The SMILES string of the molecule is CCN(Cc1ccccc1)S(=O)(=O)c1cccc(-c2nc(-c3ccc(C)cc3)no2)c1. The zero-order valence-corrected chi connectivity index (χ0v) is 18.2. The maximum absolute atomic E-state index is 13.3. The summed E-state index contributed by atoms with van der Waals surface area (Å²) < 4.78 is 33.4. The summed E-state index contributed by atoms with van der Waals surface area (Å²) in [6, 6.07) is 24.0. The van der Waals surface area contributed by atoms with Crippen LogP contribution >= 0.6 is 0 Å². The van der Waals surface area contributed by atoms with Crippen molar-refractivity contribution in [2.24, 2.45) is 0 Å². The van der Waals surface area contributed by atoms with E-state index < -0.39 is 10.0 Å². The molecule has 0 spiro atoms. The first-order valence-electron chi connectivity index (χ1n) is 10.0. The van der Waals surface area contributed by atoms with Gasteiger partial charge in [0.1, 0.15) is 0 Å². The molecule has 0 N–H and O–H groups in total. The van der Waals surface area contributed by atoms with E-state index in [1.807, 2.05) is 68.4 Å². The topological polar surface area (TPSA) is 76.3 Å². The standard InChI is InChI=1S/C24H23N3O3S/c1-3-27(17-19-8-5-4-6-9-19)31(28,29)22-11-7-10-21(16-22)24-25-23(26-30-24)20-14-12-18(2)13-15-20/h4-16H,3,17H2,1-2H3. The van der Waals surface area contributed by atoms with Crippen molar-refractivity contribution in [3.63, 3.8) is 0 Å². The third-order valence-corrected chi connectivity index (χ3v) is 6.93. The fourth-order valence-electron chi connectivity index (χ4n) is 3.25. The molecule has 0 aliphatic heterocycles. The van der Waals surface area contributed by atoms with Gasteiger partial charge in [0.2, 0.25) is 15.8 Å². The highest BCUT2D eigenvalue weighted by molar-refractivity contribution is 7.89. The Labute approximate surface area is 182 Å². The number of aryl methyl sites for hydroxylation is 1. The summed E-state index contributed by atoms with van der Waals surface area (Å²) in [6.07, 6.45) is 0. The maximum atomic E-state index is 13.3. The van der Waals surface area contributed by atoms with Gasteiger partial charge in [0.05, 0.1) is 4.90 Å². The van der Waals surface area contributed by atoms with Crippen molar-refractivity contribution in [1.82, 2.24) is 14.4 Å². The summed E-state index contributed by atoms with van der Waals surface area (Å²) in [5.74, 6) is 0.737. The molecule has 158 valence electrons. The number of rotatable bonds is 7. The van der Waals surface area contributed by atoms with E-state index in [0.717, 1.165) is 16.7 Å². The van der Waals surface area contributed by atoms with E-state index in [1.54, 1.807) is 24.3 Å². The van der Waals surface area contributed by atoms with Gasteiger partial charge in [-0.15, -0.1) is 0 Å². The summed E-state index contributed by atoms with van der Waals surface area (Å²) in [5, 5.41) is 4.05. The molecule has 3 aromatic carbocycles. The molecule has 4 aromatic rings. The molecule has 1 aromatic heterocycles. The van der Waals surface area contributed by atoms with E-state index in [4.69, 9.17) is 4.52 Å². The van der Waals surface area contributed by atoms with Gasteiger partial charge in [0.25, 0.3) is 5.89 Å². The third-order valence-electron chi connectivity index (χ3n) is 5.01. The lowest BCUT2D eigenvalue weighted by molar-refractivity contribution is 0.423. The highest BCUT2D eigenvalue weighted by Crippen LogP contribution is 2.26. The van der Waals surface area contributed by atoms with Crippen molar-refractivity contribution in [3.8, 4) is 22.8 Å². The molecule has 0 amide bonds. The second kappa shape index (κ2) is 8.83. The van der Waals surface area contributed by atoms with Crippen LogP contribution < -0.4 is 0 Å². The van der Waals surface area contributed by atoms with Crippen molar-refractivity contribution in [2.45, 2.75) is 25.3 Å². The van der Waals surface area contributed by atoms with Crippen molar-refractivity contribution in [3.05, 3.63) is 90.0 Å². The molecule has 0 bridgehead atoms. The maximum Gasteiger partial charge on any atom is 0.258 e. The smallest absolute Gasteiger partial charge is 0.258 e. The second-order valence-corrected chi connectivity index (χ2v) is 9.17. The van der Waals surface area contributed by atoms with Crippen LogP contribution in [0.5, 0.6) is 0 Å². The van der Waals surface area contributed by atoms with Crippen LogP contribution in [0, 0.1) is 6.92 Å². The fourth-order valence-corrected chi connectivity index (χ4v) is 4.74. The average Bonchev–Trinajstić information content (AvgIpc) is 3.29. The zero-order valence-electron chi connectivity index (χ0n) is 17.4. The molecular formula is C24H23N3O3S. The molecule has 6 nitrogen and oxygen atoms in total. The average molecular weight is 434 g/mol. The number of hydrogen-bond acceptors (Lipinski definition) is 5. The number of aromatic nitrogens is 2. The number of hydrogen-bond donors (Lipinski definition) is 0. The van der Waals surface area contributed by atoms with Gasteiger partial charge in [-0.25, -0.2) is 8.42 Å². The highest BCUT2D eigenvalue weighted by atomic mass is 32.2. The second-order valence-electron chi connectivity index (χ2n) is 7.23. The van der Waals surface area contributed by atoms with Gasteiger partial charge < -0.3 is 4.52 Å². The molecule has 0 aliphatic rings. The van der Waals surface area contributed by atoms with Crippen molar-refractivity contribution < 1.29 is 12.9 Å². The predicted molar refractivity (Wildman–Crippen MR) is 120 cm³/mol. The van der Waals surface area contributed by atoms with Crippen molar-refractivity contribution >= 4 is 10.0 Å². The molecule has 7 heteroatoms. The first kappa shape index (κ1) is 21.0. The van der Waals surface area contributed by atoms with Crippen LogP contribution in [0.25, 0.3) is 22.8 Å². The molecule has 0 fully saturated rings. The Hall–Kier alpha value is -3.29. The van der Waals surface area contributed by atoms with Crippen molar-refractivity contribution in [2.75, 3.05) is 6.54 Å². The van der Waals surface area contributed by atoms with Gasteiger partial charge in [-0.3, -0.25) is 0 Å². The lowest BCUT2D eigenvalue weighted by atomic mass is 10.1. The van der Waals surface area contributed by atoms with Crippen LogP contribution in [0.15, 0.2) is 88.3 Å². The summed E-state index contributed by atoms with van der Waals surface area (Å²) >= 11 is 0. The fraction of sp³-hybridized carbons (Fsp3) is 0.167. The van der Waals surface area contributed by atoms with Crippen molar-refractivity contribution in [1.29, 1.82) is 0 Å². The van der Waals surface area contributed by atoms with Crippen LogP contribution in [0.2, 0.25) is 0 Å². The highest BCUT2D eigenvalue weighted by Gasteiger charge is 2.24. The minimum atomic E-state index is -3.69. The van der Waals surface area contributed by atoms with E-state index >= 15 is 0 Å². The summed E-state index contributed by atoms with van der Waals surface area (Å²) in [5.41, 5.74) is 3.47. The van der Waals surface area contributed by atoms with Gasteiger partial charge >= 0.3 is 0 Å². The normalized spacial score (nSPS) is 11.7. The number of benzene rings is 3. The molecule has 31 heavy (non-hydrogen) atoms. The Bertz CT molecular complexity index is 1270. The Morgan fingerprint density at radius 3 is 2.35 bits per heavy atom. The Morgan fingerprint density at radius 2 is 1.65 bits per heavy atom. The summed E-state index contributed by atoms with van der Waals surface area (Å²) in [4.78, 5) is 4.64. The van der Waals surface area contributed by atoms with Crippen LogP contribution in [0.3, 0.4) is 0 Å². The van der Waals surface area contributed by atoms with E-state index in [9.17, 15) is 8.42 Å². The lowest BCUT2D eigenvalue weighted by Crippen LogP contribution is -2.30. The minimum Gasteiger partial charge on any atom is -0.334 e. The van der Waals surface area contributed by atoms with Gasteiger partial charge in [-0.1, -0.05) is 78.3 Å². The Balaban J connectivity index is 1.62. The Morgan fingerprint density at radius 1 is 0.903 bits per heavy atom. The first-order valence-corrected chi connectivity index (χ1v) is 11.5. The van der Waals surface area contributed by atoms with Crippen LogP contribution in [-0.4, -0.2) is 29.4 Å². The van der Waals surface area contributed by atoms with Gasteiger partial charge in [0, 0.05) is 24.2 Å². The molecule has 0 aliphatic carbocycles. The van der Waals surface area contributed by atoms with Gasteiger partial charge in [-0.05, 0) is 30.7 Å². The zero-order chi connectivity index (χ0) is 21.8. The molecule has 0 saturated carbocycles. The van der Waals surface area contributed by atoms with E-state index in [-0.39, 0.29) is 10.8 Å². The molecule has 0 unspecified atom stereocenters. The van der Waals surface area contributed by atoms with Gasteiger partial charge in [-0.2, -0.15) is 9.29 Å². The molecule has 0 atom stereocenters. The van der Waals surface area contributed by atoms with Crippen LogP contribution in [0.1, 0.15) is 18.1 Å². The number of sulfonamides is 1. The largest absolute Gasteiger partial charge is 0.334 e. The molecular weight excluding hydrogens is 410 g/mol. The summed E-state index contributed by atoms with van der Waals surface area (Å²) in [6.45, 7) is 4.51. The minimum absolute atomic E-state index is 0.192. The Kier molecular flexibility index (Phi) is 5.97.